The fourth-order valence-corrected chi connectivity index (χ4v) is 2.63. The Labute approximate surface area is 107 Å². The molecule has 4 heteroatoms. The Kier molecular flexibility index (Phi) is 3.19. The van der Waals surface area contributed by atoms with Gasteiger partial charge in [-0.3, -0.25) is 4.90 Å². The second-order valence-electron chi connectivity index (χ2n) is 4.80. The third-order valence-corrected chi connectivity index (χ3v) is 3.57. The largest absolute Gasteiger partial charge is 0.464 e. The Balaban J connectivity index is 1.78. The van der Waals surface area contributed by atoms with E-state index in [4.69, 9.17) is 4.42 Å². The first-order valence-corrected chi connectivity index (χ1v) is 6.68. The van der Waals surface area contributed by atoms with Crippen LogP contribution in [0.4, 0.5) is 5.82 Å². The molecule has 0 N–H and O–H groups in total. The molecule has 0 amide bonds. The molecule has 0 aliphatic carbocycles. The quantitative estimate of drug-likeness (QED) is 0.831. The number of rotatable bonds is 3. The van der Waals surface area contributed by atoms with E-state index in [2.05, 4.69) is 21.7 Å². The summed E-state index contributed by atoms with van der Waals surface area (Å²) in [6.07, 6.45) is 4.80. The van der Waals surface area contributed by atoms with Gasteiger partial charge in [-0.15, -0.1) is 0 Å². The lowest BCUT2D eigenvalue weighted by Crippen LogP contribution is -2.46. The third-order valence-electron chi connectivity index (χ3n) is 3.57. The molecule has 0 atom stereocenters. The van der Waals surface area contributed by atoms with Gasteiger partial charge in [0, 0.05) is 32.4 Å². The van der Waals surface area contributed by atoms with E-state index in [0.717, 1.165) is 43.0 Å². The lowest BCUT2D eigenvalue weighted by molar-refractivity contribution is 0.258. The highest BCUT2D eigenvalue weighted by atomic mass is 16.3. The van der Waals surface area contributed by atoms with E-state index in [1.54, 1.807) is 6.26 Å². The predicted molar refractivity (Wildman–Crippen MR) is 73.0 cm³/mol. The van der Waals surface area contributed by atoms with Crippen LogP contribution < -0.4 is 4.90 Å². The van der Waals surface area contributed by atoms with E-state index in [-0.39, 0.29) is 0 Å². The van der Waals surface area contributed by atoms with E-state index >= 15 is 0 Å². The number of piperazine rings is 1. The molecule has 1 saturated heterocycles. The summed E-state index contributed by atoms with van der Waals surface area (Å²) in [7, 11) is 0. The average molecular weight is 245 g/mol. The molecule has 0 radical (unpaired) electrons. The maximum atomic E-state index is 5.43. The van der Waals surface area contributed by atoms with Gasteiger partial charge in [0.15, 0.2) is 0 Å². The van der Waals surface area contributed by atoms with Crippen molar-refractivity contribution in [2.75, 3.05) is 37.6 Å². The number of hydrogen-bond donors (Lipinski definition) is 0. The molecule has 0 bridgehead atoms. The van der Waals surface area contributed by atoms with Crippen LogP contribution in [0.5, 0.6) is 0 Å². The number of anilines is 1. The molecule has 18 heavy (non-hydrogen) atoms. The molecule has 0 aromatic carbocycles. The van der Waals surface area contributed by atoms with E-state index < -0.39 is 0 Å². The van der Waals surface area contributed by atoms with Crippen molar-refractivity contribution in [3.63, 3.8) is 0 Å². The molecule has 1 aliphatic heterocycles. The van der Waals surface area contributed by atoms with E-state index in [1.807, 2.05) is 18.3 Å². The summed E-state index contributed by atoms with van der Waals surface area (Å²) in [6, 6.07) is 3.93. The summed E-state index contributed by atoms with van der Waals surface area (Å²) < 4.78 is 5.43. The number of fused-ring (bicyclic) bond motifs is 1. The summed E-state index contributed by atoms with van der Waals surface area (Å²) in [5.74, 6) is 1.07. The molecular weight excluding hydrogens is 226 g/mol. The maximum absolute atomic E-state index is 5.43. The van der Waals surface area contributed by atoms with Crippen LogP contribution >= 0.6 is 0 Å². The summed E-state index contributed by atoms with van der Waals surface area (Å²) in [4.78, 5) is 9.41. The zero-order valence-electron chi connectivity index (χ0n) is 10.8. The fourth-order valence-electron chi connectivity index (χ4n) is 2.63. The summed E-state index contributed by atoms with van der Waals surface area (Å²) in [5.41, 5.74) is 0.927. The number of pyridine rings is 1. The fraction of sp³-hybridized carbons (Fsp3) is 0.500. The highest BCUT2D eigenvalue weighted by Gasteiger charge is 2.19. The summed E-state index contributed by atoms with van der Waals surface area (Å²) in [5, 5.41) is 1.13. The minimum absolute atomic E-state index is 0.927. The number of furan rings is 1. The number of nitrogens with zero attached hydrogens (tertiary/aromatic N) is 3. The van der Waals surface area contributed by atoms with Crippen LogP contribution in [0, 0.1) is 0 Å². The van der Waals surface area contributed by atoms with Crippen LogP contribution in [0.2, 0.25) is 0 Å². The van der Waals surface area contributed by atoms with Crippen LogP contribution in [0.3, 0.4) is 0 Å². The van der Waals surface area contributed by atoms with Gasteiger partial charge in [-0.1, -0.05) is 6.92 Å². The molecule has 3 rings (SSSR count). The molecule has 1 fully saturated rings. The van der Waals surface area contributed by atoms with Crippen molar-refractivity contribution in [2.24, 2.45) is 0 Å². The van der Waals surface area contributed by atoms with Crippen LogP contribution in [0.15, 0.2) is 29.0 Å². The van der Waals surface area contributed by atoms with Crippen molar-refractivity contribution in [1.82, 2.24) is 9.88 Å². The molecule has 2 aromatic heterocycles. The molecule has 96 valence electrons. The summed E-state index contributed by atoms with van der Waals surface area (Å²) >= 11 is 0. The van der Waals surface area contributed by atoms with Gasteiger partial charge in [0.2, 0.25) is 0 Å². The molecule has 0 unspecified atom stereocenters. The van der Waals surface area contributed by atoms with Crippen molar-refractivity contribution in [3.8, 4) is 0 Å². The topological polar surface area (TPSA) is 32.5 Å². The van der Waals surface area contributed by atoms with Crippen molar-refractivity contribution in [2.45, 2.75) is 13.3 Å². The van der Waals surface area contributed by atoms with Crippen molar-refractivity contribution in [3.05, 3.63) is 24.6 Å². The Morgan fingerprint density at radius 2 is 2.06 bits per heavy atom. The van der Waals surface area contributed by atoms with Gasteiger partial charge in [-0.05, 0) is 25.1 Å². The monoisotopic (exact) mass is 245 g/mol. The normalized spacial score (nSPS) is 17.5. The second kappa shape index (κ2) is 4.98. The average Bonchev–Trinajstić information content (AvgIpc) is 2.88. The van der Waals surface area contributed by atoms with Gasteiger partial charge in [-0.2, -0.15) is 0 Å². The van der Waals surface area contributed by atoms with Gasteiger partial charge in [0.25, 0.3) is 0 Å². The highest BCUT2D eigenvalue weighted by Crippen LogP contribution is 2.25. The molecule has 3 heterocycles. The smallest absolute Gasteiger partial charge is 0.139 e. The number of aromatic nitrogens is 1. The van der Waals surface area contributed by atoms with Gasteiger partial charge in [0.1, 0.15) is 11.4 Å². The number of hydrogen-bond acceptors (Lipinski definition) is 4. The Hall–Kier alpha value is -1.55. The second-order valence-corrected chi connectivity index (χ2v) is 4.80. The minimum atomic E-state index is 0.927. The Bertz CT molecular complexity index is 514. The molecule has 4 nitrogen and oxygen atoms in total. The van der Waals surface area contributed by atoms with Crippen molar-refractivity contribution >= 4 is 16.8 Å². The SMILES string of the molecule is CCCN1CCN(c2nccc3occc23)CC1. The first-order chi connectivity index (χ1) is 8.88. The Morgan fingerprint density at radius 1 is 1.22 bits per heavy atom. The first-order valence-electron chi connectivity index (χ1n) is 6.68. The van der Waals surface area contributed by atoms with Gasteiger partial charge in [-0.25, -0.2) is 4.98 Å². The molecular formula is C14H19N3O. The zero-order valence-corrected chi connectivity index (χ0v) is 10.8. The summed E-state index contributed by atoms with van der Waals surface area (Å²) in [6.45, 7) is 7.80. The van der Waals surface area contributed by atoms with E-state index in [9.17, 15) is 0 Å². The minimum Gasteiger partial charge on any atom is -0.464 e. The van der Waals surface area contributed by atoms with Crippen LogP contribution in [0.25, 0.3) is 11.0 Å². The third kappa shape index (κ3) is 2.08. The van der Waals surface area contributed by atoms with Crippen LogP contribution in [0.1, 0.15) is 13.3 Å². The first kappa shape index (κ1) is 11.5. The van der Waals surface area contributed by atoms with Crippen molar-refractivity contribution < 1.29 is 4.42 Å². The Morgan fingerprint density at radius 3 is 2.83 bits per heavy atom. The predicted octanol–water partition coefficient (Wildman–Crippen LogP) is 2.36. The molecule has 1 aliphatic rings. The van der Waals surface area contributed by atoms with E-state index in [1.165, 1.54) is 13.0 Å². The zero-order chi connectivity index (χ0) is 12.4. The van der Waals surface area contributed by atoms with Crippen LogP contribution in [-0.2, 0) is 0 Å². The van der Waals surface area contributed by atoms with Gasteiger partial charge >= 0.3 is 0 Å². The highest BCUT2D eigenvalue weighted by molar-refractivity contribution is 5.88. The lowest BCUT2D eigenvalue weighted by Gasteiger charge is -2.35. The van der Waals surface area contributed by atoms with Crippen LogP contribution in [-0.4, -0.2) is 42.6 Å². The maximum Gasteiger partial charge on any atom is 0.139 e. The van der Waals surface area contributed by atoms with Crippen molar-refractivity contribution in [1.29, 1.82) is 0 Å². The van der Waals surface area contributed by atoms with Gasteiger partial charge in [0.05, 0.1) is 11.6 Å². The van der Waals surface area contributed by atoms with Gasteiger partial charge < -0.3 is 9.32 Å². The molecule has 2 aromatic rings. The van der Waals surface area contributed by atoms with E-state index in [0.29, 0.717) is 0 Å². The molecule has 0 saturated carbocycles. The lowest BCUT2D eigenvalue weighted by atomic mass is 10.2. The molecule has 0 spiro atoms. The standard InChI is InChI=1S/C14H19N3O/c1-2-6-16-7-9-17(10-8-16)14-12-4-11-18-13(12)3-5-15-14/h3-5,11H,2,6-10H2,1H3.